The van der Waals surface area contributed by atoms with Crippen molar-refractivity contribution in [2.24, 2.45) is 23.5 Å². The third-order valence-corrected chi connectivity index (χ3v) is 5.08. The minimum absolute atomic E-state index is 0.0858. The Morgan fingerprint density at radius 2 is 1.35 bits per heavy atom. The monoisotopic (exact) mass is 521 g/mol. The van der Waals surface area contributed by atoms with Crippen LogP contribution >= 0.6 is 0 Å². The molecule has 0 unspecified atom stereocenters. The normalized spacial score (nSPS) is 12.8. The summed E-state index contributed by atoms with van der Waals surface area (Å²) < 4.78 is 21.4. The zero-order chi connectivity index (χ0) is 28.1. The molecule has 0 bridgehead atoms. The second kappa shape index (κ2) is 16.0. The van der Waals surface area contributed by atoms with Crippen molar-refractivity contribution in [2.45, 2.75) is 92.7 Å². The predicted molar refractivity (Wildman–Crippen MR) is 139 cm³/mol. The molecule has 2 atom stereocenters. The second-order valence-electron chi connectivity index (χ2n) is 10.6. The van der Waals surface area contributed by atoms with E-state index in [9.17, 15) is 19.2 Å². The van der Waals surface area contributed by atoms with Crippen molar-refractivity contribution in [3.05, 3.63) is 23.8 Å². The number of esters is 4. The van der Waals surface area contributed by atoms with Crippen LogP contribution in [0.25, 0.3) is 0 Å². The number of hydrogen-bond acceptors (Lipinski definition) is 9. The molecule has 9 nitrogen and oxygen atoms in total. The van der Waals surface area contributed by atoms with Gasteiger partial charge < -0.3 is 24.7 Å². The smallest absolute Gasteiger partial charge is 0.323 e. The molecule has 0 aliphatic heterocycles. The highest BCUT2D eigenvalue weighted by Crippen LogP contribution is 2.30. The highest BCUT2D eigenvalue weighted by Gasteiger charge is 2.21. The molecule has 0 aromatic heterocycles. The summed E-state index contributed by atoms with van der Waals surface area (Å²) in [5.74, 6) is -1.11. The standard InChI is InChI=1S/C28H43NO8/c1-17(2)8-11-25(30)35-20(7)16-34-28(33)22(29)14-21-9-10-23(36-26(31)12-18(3)4)24(15-21)37-27(32)13-19(5)6/h9-10,15,17-20,22H,8,11-14,16,29H2,1-7H3/t20-,22-/m0/s1. The van der Waals surface area contributed by atoms with E-state index in [4.69, 9.17) is 24.7 Å². The average Bonchev–Trinajstić information content (AvgIpc) is 2.76. The van der Waals surface area contributed by atoms with E-state index >= 15 is 0 Å². The second-order valence-corrected chi connectivity index (χ2v) is 10.6. The fourth-order valence-corrected chi connectivity index (χ4v) is 3.21. The van der Waals surface area contributed by atoms with Crippen molar-refractivity contribution in [3.63, 3.8) is 0 Å². The third kappa shape index (κ3) is 13.8. The number of rotatable bonds is 15. The maximum Gasteiger partial charge on any atom is 0.323 e. The lowest BCUT2D eigenvalue weighted by molar-refractivity contribution is -0.158. The molecule has 0 saturated carbocycles. The minimum Gasteiger partial charge on any atom is -0.461 e. The summed E-state index contributed by atoms with van der Waals surface area (Å²) in [6, 6.07) is 3.69. The number of carbonyl (C=O) groups is 4. The maximum absolute atomic E-state index is 12.4. The fourth-order valence-electron chi connectivity index (χ4n) is 3.21. The van der Waals surface area contributed by atoms with Crippen LogP contribution in [0, 0.1) is 17.8 Å². The zero-order valence-corrected chi connectivity index (χ0v) is 23.2. The molecule has 1 rings (SSSR count). The Morgan fingerprint density at radius 1 is 0.784 bits per heavy atom. The molecule has 9 heteroatoms. The molecule has 37 heavy (non-hydrogen) atoms. The largest absolute Gasteiger partial charge is 0.461 e. The SMILES string of the molecule is CC(C)CCC(=O)O[C@@H](C)COC(=O)[C@@H](N)Cc1ccc(OC(=O)CC(C)C)c(OC(=O)CC(C)C)c1. The van der Waals surface area contributed by atoms with Gasteiger partial charge in [-0.05, 0) is 55.2 Å². The van der Waals surface area contributed by atoms with Crippen LogP contribution in [0.15, 0.2) is 18.2 Å². The van der Waals surface area contributed by atoms with Gasteiger partial charge in [-0.15, -0.1) is 0 Å². The molecule has 0 saturated heterocycles. The zero-order valence-electron chi connectivity index (χ0n) is 23.2. The van der Waals surface area contributed by atoms with Crippen molar-refractivity contribution in [1.29, 1.82) is 0 Å². The summed E-state index contributed by atoms with van der Waals surface area (Å²) in [7, 11) is 0. The molecule has 0 fully saturated rings. The van der Waals surface area contributed by atoms with E-state index < -0.39 is 30.1 Å². The average molecular weight is 522 g/mol. The van der Waals surface area contributed by atoms with Gasteiger partial charge in [-0.25, -0.2) is 0 Å². The summed E-state index contributed by atoms with van der Waals surface area (Å²) in [4.78, 5) is 48.7. The maximum atomic E-state index is 12.4. The first-order chi connectivity index (χ1) is 17.3. The Bertz CT molecular complexity index is 909. The van der Waals surface area contributed by atoms with Crippen LogP contribution in [0.4, 0.5) is 0 Å². The summed E-state index contributed by atoms with van der Waals surface area (Å²) in [5.41, 5.74) is 6.62. The molecule has 0 aliphatic rings. The number of benzene rings is 1. The van der Waals surface area contributed by atoms with Gasteiger partial charge in [-0.3, -0.25) is 19.2 Å². The van der Waals surface area contributed by atoms with E-state index in [1.807, 2.05) is 41.5 Å². The molecule has 1 aromatic rings. The van der Waals surface area contributed by atoms with Crippen LogP contribution in [-0.4, -0.2) is 42.6 Å². The van der Waals surface area contributed by atoms with Crippen molar-refractivity contribution < 1.29 is 38.1 Å². The van der Waals surface area contributed by atoms with Gasteiger partial charge in [0.1, 0.15) is 18.8 Å². The van der Waals surface area contributed by atoms with Gasteiger partial charge in [-0.2, -0.15) is 0 Å². The Balaban J connectivity index is 2.80. The van der Waals surface area contributed by atoms with Crippen molar-refractivity contribution in [1.82, 2.24) is 0 Å². The lowest BCUT2D eigenvalue weighted by Gasteiger charge is -2.17. The van der Waals surface area contributed by atoms with E-state index in [0.717, 1.165) is 6.42 Å². The van der Waals surface area contributed by atoms with Crippen molar-refractivity contribution in [3.8, 4) is 11.5 Å². The predicted octanol–water partition coefficient (Wildman–Crippen LogP) is 4.37. The Hall–Kier alpha value is -2.94. The number of ether oxygens (including phenoxy) is 4. The molecule has 0 spiro atoms. The molecule has 0 heterocycles. The summed E-state index contributed by atoms with van der Waals surface area (Å²) in [6.07, 6.45) is 0.931. The lowest BCUT2D eigenvalue weighted by atomic mass is 10.1. The van der Waals surface area contributed by atoms with E-state index in [1.54, 1.807) is 13.0 Å². The van der Waals surface area contributed by atoms with E-state index in [1.165, 1.54) is 12.1 Å². The quantitative estimate of drug-likeness (QED) is 0.264. The number of hydrogen-bond donors (Lipinski definition) is 1. The van der Waals surface area contributed by atoms with Gasteiger partial charge in [-0.1, -0.05) is 47.6 Å². The first-order valence-electron chi connectivity index (χ1n) is 12.9. The minimum atomic E-state index is -1.00. The highest BCUT2D eigenvalue weighted by molar-refractivity contribution is 5.77. The topological polar surface area (TPSA) is 131 Å². The molecular formula is C28H43NO8. The van der Waals surface area contributed by atoms with E-state index in [2.05, 4.69) is 0 Å². The summed E-state index contributed by atoms with van der Waals surface area (Å²) in [6.45, 7) is 13.1. The number of carbonyl (C=O) groups excluding carboxylic acids is 4. The highest BCUT2D eigenvalue weighted by atomic mass is 16.6. The van der Waals surface area contributed by atoms with E-state index in [-0.39, 0.29) is 55.2 Å². The molecular weight excluding hydrogens is 478 g/mol. The number of nitrogens with two attached hydrogens (primary N) is 1. The molecule has 2 N–H and O–H groups in total. The Kier molecular flexibility index (Phi) is 13.9. The van der Waals surface area contributed by atoms with Gasteiger partial charge in [0.15, 0.2) is 11.5 Å². The van der Waals surface area contributed by atoms with Crippen LogP contribution in [-0.2, 0) is 35.1 Å². The first-order valence-corrected chi connectivity index (χ1v) is 12.9. The first kappa shape index (κ1) is 32.1. The Morgan fingerprint density at radius 3 is 1.89 bits per heavy atom. The van der Waals surface area contributed by atoms with E-state index in [0.29, 0.717) is 17.9 Å². The molecule has 1 aromatic carbocycles. The molecule has 208 valence electrons. The van der Waals surface area contributed by atoms with Crippen LogP contribution < -0.4 is 15.2 Å². The molecule has 0 amide bonds. The van der Waals surface area contributed by atoms with Crippen LogP contribution in [0.3, 0.4) is 0 Å². The van der Waals surface area contributed by atoms with Gasteiger partial charge in [0.2, 0.25) is 0 Å². The summed E-state index contributed by atoms with van der Waals surface area (Å²) >= 11 is 0. The van der Waals surface area contributed by atoms with Gasteiger partial charge in [0.25, 0.3) is 0 Å². The fraction of sp³-hybridized carbons (Fsp3) is 0.643. The van der Waals surface area contributed by atoms with Crippen LogP contribution in [0.1, 0.15) is 79.7 Å². The van der Waals surface area contributed by atoms with Gasteiger partial charge in [0.05, 0.1) is 0 Å². The Labute approximate surface area is 220 Å². The van der Waals surface area contributed by atoms with Gasteiger partial charge in [0, 0.05) is 19.3 Å². The van der Waals surface area contributed by atoms with Crippen molar-refractivity contribution in [2.75, 3.05) is 6.61 Å². The van der Waals surface area contributed by atoms with Crippen molar-refractivity contribution >= 4 is 23.9 Å². The molecule has 0 radical (unpaired) electrons. The third-order valence-electron chi connectivity index (χ3n) is 5.08. The van der Waals surface area contributed by atoms with Crippen LogP contribution in [0.5, 0.6) is 11.5 Å². The summed E-state index contributed by atoms with van der Waals surface area (Å²) in [5, 5.41) is 0. The van der Waals surface area contributed by atoms with Gasteiger partial charge >= 0.3 is 23.9 Å². The lowest BCUT2D eigenvalue weighted by Crippen LogP contribution is -2.36. The molecule has 0 aliphatic carbocycles. The van der Waals surface area contributed by atoms with Crippen LogP contribution in [0.2, 0.25) is 0 Å².